The van der Waals surface area contributed by atoms with Crippen molar-refractivity contribution in [3.63, 3.8) is 0 Å². The van der Waals surface area contributed by atoms with Crippen molar-refractivity contribution in [2.75, 3.05) is 12.4 Å². The van der Waals surface area contributed by atoms with Crippen LogP contribution in [-0.4, -0.2) is 61.0 Å². The van der Waals surface area contributed by atoms with Crippen LogP contribution in [0.4, 0.5) is 5.82 Å². The molecule has 4 rings (SSSR count). The molecule has 3 heterocycles. The van der Waals surface area contributed by atoms with Crippen LogP contribution in [-0.2, 0) is 16.1 Å². The van der Waals surface area contributed by atoms with Crippen LogP contribution in [0.25, 0.3) is 11.2 Å². The van der Waals surface area contributed by atoms with Crippen molar-refractivity contribution >= 4 is 38.8 Å². The largest absolute Gasteiger partial charge is 0.387 e. The fourth-order valence-corrected chi connectivity index (χ4v) is 3.47. The highest BCUT2D eigenvalue weighted by Crippen LogP contribution is 2.32. The minimum absolute atomic E-state index is 0.409. The molecule has 1 fully saturated rings. The van der Waals surface area contributed by atoms with Crippen molar-refractivity contribution in [3.8, 4) is 0 Å². The minimum atomic E-state index is -1.37. The predicted molar refractivity (Wildman–Crippen MR) is 107 cm³/mol. The van der Waals surface area contributed by atoms with E-state index < -0.39 is 30.4 Å². The molecule has 4 unspecified atom stereocenters. The average molecular weight is 463 g/mol. The number of carbonyl (C=O) groups excluding carboxylic acids is 1. The van der Waals surface area contributed by atoms with Gasteiger partial charge in [0.05, 0.1) is 6.33 Å². The number of amides is 1. The zero-order valence-corrected chi connectivity index (χ0v) is 16.9. The Morgan fingerprint density at radius 3 is 2.69 bits per heavy atom. The van der Waals surface area contributed by atoms with E-state index >= 15 is 0 Å². The van der Waals surface area contributed by atoms with Crippen LogP contribution in [0.2, 0.25) is 0 Å². The number of halogens is 1. The van der Waals surface area contributed by atoms with E-state index in [2.05, 4.69) is 41.5 Å². The highest BCUT2D eigenvalue weighted by molar-refractivity contribution is 9.10. The standard InChI is InChI=1S/C18H19BrN6O4/c1-20-17(28)14-12(26)13(27)18(29-14)25-8-24-11-15(22-7-23-16(11)25)21-6-9-2-4-10(19)5-3-9/h2-5,7-8,12-14,18,26-27H,6H2,1H3,(H,20,28)(H,21,22,23). The van der Waals surface area contributed by atoms with Crippen LogP contribution in [0.3, 0.4) is 0 Å². The second kappa shape index (κ2) is 8.03. The molecule has 0 saturated carbocycles. The Hall–Kier alpha value is -2.60. The predicted octanol–water partition coefficient (Wildman–Crippen LogP) is 0.566. The Morgan fingerprint density at radius 1 is 1.21 bits per heavy atom. The molecule has 0 spiro atoms. The molecule has 29 heavy (non-hydrogen) atoms. The molecule has 1 aliphatic heterocycles. The van der Waals surface area contributed by atoms with Crippen molar-refractivity contribution in [1.29, 1.82) is 0 Å². The number of nitrogens with zero attached hydrogens (tertiary/aromatic N) is 4. The van der Waals surface area contributed by atoms with Gasteiger partial charge in [-0.25, -0.2) is 15.0 Å². The number of nitrogens with one attached hydrogen (secondary N) is 2. The van der Waals surface area contributed by atoms with Gasteiger partial charge in [0.25, 0.3) is 5.91 Å². The van der Waals surface area contributed by atoms with E-state index in [0.29, 0.717) is 23.5 Å². The number of hydrogen-bond acceptors (Lipinski definition) is 8. The van der Waals surface area contributed by atoms with Crippen LogP contribution < -0.4 is 10.6 Å². The lowest BCUT2D eigenvalue weighted by atomic mass is 10.1. The number of aromatic nitrogens is 4. The molecule has 1 saturated heterocycles. The topological polar surface area (TPSA) is 134 Å². The van der Waals surface area contributed by atoms with Gasteiger partial charge in [-0.05, 0) is 17.7 Å². The normalized spacial score (nSPS) is 24.0. The molecular weight excluding hydrogens is 444 g/mol. The molecular formula is C18H19BrN6O4. The number of aliphatic hydroxyl groups excluding tert-OH is 2. The molecule has 3 aromatic rings. The van der Waals surface area contributed by atoms with Gasteiger partial charge in [0.1, 0.15) is 18.5 Å². The summed E-state index contributed by atoms with van der Waals surface area (Å²) in [6, 6.07) is 7.87. The Kier molecular flexibility index (Phi) is 5.46. The summed E-state index contributed by atoms with van der Waals surface area (Å²) in [7, 11) is 1.43. The number of imidazole rings is 1. The maximum absolute atomic E-state index is 11.9. The summed E-state index contributed by atoms with van der Waals surface area (Å²) >= 11 is 3.41. The van der Waals surface area contributed by atoms with Gasteiger partial charge < -0.3 is 25.6 Å². The third-order valence-electron chi connectivity index (χ3n) is 4.75. The van der Waals surface area contributed by atoms with E-state index in [9.17, 15) is 15.0 Å². The minimum Gasteiger partial charge on any atom is -0.387 e. The zero-order chi connectivity index (χ0) is 20.5. The summed E-state index contributed by atoms with van der Waals surface area (Å²) in [5.41, 5.74) is 1.95. The first-order valence-corrected chi connectivity index (χ1v) is 9.68. The SMILES string of the molecule is CNC(=O)C1OC(n2cnc3c(NCc4ccc(Br)cc4)ncnc32)C(O)C1O. The number of likely N-dealkylation sites (N-methyl/N-ethyl adjacent to an activating group) is 1. The maximum Gasteiger partial charge on any atom is 0.251 e. The molecule has 0 aliphatic carbocycles. The van der Waals surface area contributed by atoms with Gasteiger partial charge in [0.15, 0.2) is 29.3 Å². The van der Waals surface area contributed by atoms with E-state index in [-0.39, 0.29) is 0 Å². The van der Waals surface area contributed by atoms with Crippen molar-refractivity contribution in [1.82, 2.24) is 24.8 Å². The fraction of sp³-hybridized carbons (Fsp3) is 0.333. The van der Waals surface area contributed by atoms with E-state index in [4.69, 9.17) is 4.74 Å². The highest BCUT2D eigenvalue weighted by Gasteiger charge is 2.47. The Morgan fingerprint density at radius 2 is 1.97 bits per heavy atom. The Labute approximate surface area is 174 Å². The van der Waals surface area contributed by atoms with Gasteiger partial charge in [-0.1, -0.05) is 28.1 Å². The van der Waals surface area contributed by atoms with Gasteiger partial charge in [-0.2, -0.15) is 0 Å². The van der Waals surface area contributed by atoms with Gasteiger partial charge in [-0.15, -0.1) is 0 Å². The number of carbonyl (C=O) groups is 1. The lowest BCUT2D eigenvalue weighted by molar-refractivity contribution is -0.137. The first-order chi connectivity index (χ1) is 14.0. The van der Waals surface area contributed by atoms with Crippen LogP contribution in [0, 0.1) is 0 Å². The molecule has 2 aromatic heterocycles. The first-order valence-electron chi connectivity index (χ1n) is 8.88. The molecule has 0 radical (unpaired) electrons. The third kappa shape index (κ3) is 3.69. The smallest absolute Gasteiger partial charge is 0.251 e. The second-order valence-corrected chi connectivity index (χ2v) is 7.48. The van der Waals surface area contributed by atoms with Crippen LogP contribution >= 0.6 is 15.9 Å². The van der Waals surface area contributed by atoms with Gasteiger partial charge >= 0.3 is 0 Å². The first kappa shape index (κ1) is 19.7. The molecule has 0 bridgehead atoms. The van der Waals surface area contributed by atoms with Gasteiger partial charge in [0.2, 0.25) is 0 Å². The van der Waals surface area contributed by atoms with Crippen molar-refractivity contribution in [2.24, 2.45) is 0 Å². The molecule has 152 valence electrons. The molecule has 1 amide bonds. The summed E-state index contributed by atoms with van der Waals surface area (Å²) in [4.78, 5) is 24.7. The van der Waals surface area contributed by atoms with E-state index in [1.807, 2.05) is 24.3 Å². The van der Waals surface area contributed by atoms with Crippen molar-refractivity contribution < 1.29 is 19.7 Å². The molecule has 11 heteroatoms. The number of anilines is 1. The monoisotopic (exact) mass is 462 g/mol. The lowest BCUT2D eigenvalue weighted by Gasteiger charge is -2.16. The Balaban J connectivity index is 1.59. The zero-order valence-electron chi connectivity index (χ0n) is 15.4. The average Bonchev–Trinajstić information content (AvgIpc) is 3.29. The maximum atomic E-state index is 11.9. The van der Waals surface area contributed by atoms with Crippen molar-refractivity contribution in [3.05, 3.63) is 47.0 Å². The van der Waals surface area contributed by atoms with Crippen molar-refractivity contribution in [2.45, 2.75) is 31.1 Å². The summed E-state index contributed by atoms with van der Waals surface area (Å²) in [5, 5.41) is 26.2. The van der Waals surface area contributed by atoms with E-state index in [1.54, 1.807) is 0 Å². The van der Waals surface area contributed by atoms with Gasteiger partial charge in [-0.3, -0.25) is 9.36 Å². The quantitative estimate of drug-likeness (QED) is 0.432. The number of ether oxygens (including phenoxy) is 1. The number of aliphatic hydroxyl groups is 2. The van der Waals surface area contributed by atoms with E-state index in [1.165, 1.54) is 24.3 Å². The third-order valence-corrected chi connectivity index (χ3v) is 5.28. The molecule has 4 N–H and O–H groups in total. The van der Waals surface area contributed by atoms with E-state index in [0.717, 1.165) is 10.0 Å². The fourth-order valence-electron chi connectivity index (χ4n) is 3.20. The van der Waals surface area contributed by atoms with Crippen LogP contribution in [0.5, 0.6) is 0 Å². The summed E-state index contributed by atoms with van der Waals surface area (Å²) in [6.07, 6.45) is -2.06. The number of rotatable bonds is 5. The molecule has 4 atom stereocenters. The van der Waals surface area contributed by atoms with Gasteiger partial charge in [0, 0.05) is 18.1 Å². The van der Waals surface area contributed by atoms with Crippen LogP contribution in [0.15, 0.2) is 41.4 Å². The Bertz CT molecular complexity index is 1030. The van der Waals surface area contributed by atoms with Crippen LogP contribution in [0.1, 0.15) is 11.8 Å². The highest BCUT2D eigenvalue weighted by atomic mass is 79.9. The molecule has 1 aliphatic rings. The summed E-state index contributed by atoms with van der Waals surface area (Å²) < 4.78 is 8.08. The number of hydrogen-bond donors (Lipinski definition) is 4. The number of benzene rings is 1. The summed E-state index contributed by atoms with van der Waals surface area (Å²) in [6.45, 7) is 0.534. The second-order valence-electron chi connectivity index (χ2n) is 6.57. The lowest BCUT2D eigenvalue weighted by Crippen LogP contribution is -2.41. The molecule has 1 aromatic carbocycles. The molecule has 10 nitrogen and oxygen atoms in total. The number of fused-ring (bicyclic) bond motifs is 1. The summed E-state index contributed by atoms with van der Waals surface area (Å²) in [5.74, 6) is 0.00232.